The molecule has 20 heavy (non-hydrogen) atoms. The van der Waals surface area contributed by atoms with Gasteiger partial charge in [-0.1, -0.05) is 37.5 Å². The van der Waals surface area contributed by atoms with Crippen molar-refractivity contribution in [2.45, 2.75) is 37.5 Å². The second-order valence-corrected chi connectivity index (χ2v) is 6.16. The molecule has 0 aromatic heterocycles. The van der Waals surface area contributed by atoms with Crippen LogP contribution in [0, 0.1) is 0 Å². The third kappa shape index (κ3) is 2.57. The number of anilines is 1. The smallest absolute Gasteiger partial charge is 0.0642 e. The number of ether oxygens (including phenoxy) is 1. The summed E-state index contributed by atoms with van der Waals surface area (Å²) in [5.41, 5.74) is 9.29. The van der Waals surface area contributed by atoms with Crippen LogP contribution in [0.25, 0.3) is 0 Å². The third-order valence-corrected chi connectivity index (χ3v) is 5.03. The van der Waals surface area contributed by atoms with Gasteiger partial charge in [0.2, 0.25) is 0 Å². The molecule has 3 nitrogen and oxygen atoms in total. The number of hydrogen-bond acceptors (Lipinski definition) is 3. The Kier molecular flexibility index (Phi) is 4.27. The fourth-order valence-corrected chi connectivity index (χ4v) is 3.81. The molecule has 110 valence electrons. The van der Waals surface area contributed by atoms with Gasteiger partial charge in [-0.05, 0) is 24.5 Å². The van der Waals surface area contributed by atoms with Crippen LogP contribution >= 0.6 is 0 Å². The SMILES string of the molecule is NCC1(c2ccccc2N2CCOCC2)CCCCC1. The van der Waals surface area contributed by atoms with Crippen LogP contribution < -0.4 is 10.6 Å². The summed E-state index contributed by atoms with van der Waals surface area (Å²) in [6.45, 7) is 4.44. The molecule has 1 aliphatic carbocycles. The Morgan fingerprint density at radius 3 is 2.45 bits per heavy atom. The van der Waals surface area contributed by atoms with E-state index in [2.05, 4.69) is 29.2 Å². The Bertz CT molecular complexity index is 434. The number of benzene rings is 1. The molecule has 3 rings (SSSR count). The normalized spacial score (nSPS) is 22.8. The van der Waals surface area contributed by atoms with E-state index in [-0.39, 0.29) is 5.41 Å². The van der Waals surface area contributed by atoms with Gasteiger partial charge in [0, 0.05) is 30.7 Å². The Hall–Kier alpha value is -1.06. The molecule has 2 N–H and O–H groups in total. The maximum Gasteiger partial charge on any atom is 0.0642 e. The summed E-state index contributed by atoms with van der Waals surface area (Å²) in [4.78, 5) is 2.48. The van der Waals surface area contributed by atoms with E-state index in [0.717, 1.165) is 32.8 Å². The molecule has 0 radical (unpaired) electrons. The molecule has 1 aliphatic heterocycles. The molecule has 0 atom stereocenters. The zero-order valence-corrected chi connectivity index (χ0v) is 12.3. The molecular weight excluding hydrogens is 248 g/mol. The first-order chi connectivity index (χ1) is 9.86. The van der Waals surface area contributed by atoms with E-state index in [0.29, 0.717) is 0 Å². The lowest BCUT2D eigenvalue weighted by Crippen LogP contribution is -2.41. The van der Waals surface area contributed by atoms with E-state index in [9.17, 15) is 0 Å². The van der Waals surface area contributed by atoms with Gasteiger partial charge in [0.05, 0.1) is 13.2 Å². The minimum atomic E-state index is 0.202. The van der Waals surface area contributed by atoms with Gasteiger partial charge in [-0.15, -0.1) is 0 Å². The zero-order chi connectivity index (χ0) is 13.8. The van der Waals surface area contributed by atoms with Crippen LogP contribution in [0.15, 0.2) is 24.3 Å². The molecule has 2 fully saturated rings. The van der Waals surface area contributed by atoms with Gasteiger partial charge in [-0.25, -0.2) is 0 Å². The van der Waals surface area contributed by atoms with E-state index < -0.39 is 0 Å². The topological polar surface area (TPSA) is 38.5 Å². The molecule has 3 heteroatoms. The standard InChI is InChI=1S/C17H26N2O/c18-14-17(8-4-1-5-9-17)15-6-2-3-7-16(15)19-10-12-20-13-11-19/h2-3,6-7H,1,4-5,8-14,18H2. The predicted octanol–water partition coefficient (Wildman–Crippen LogP) is 2.68. The summed E-state index contributed by atoms with van der Waals surface area (Å²) in [5.74, 6) is 0. The molecule has 0 unspecified atom stereocenters. The summed E-state index contributed by atoms with van der Waals surface area (Å²) in [6, 6.07) is 8.91. The van der Waals surface area contributed by atoms with E-state index in [1.165, 1.54) is 43.4 Å². The minimum Gasteiger partial charge on any atom is -0.378 e. The summed E-state index contributed by atoms with van der Waals surface area (Å²) in [5, 5.41) is 0. The lowest BCUT2D eigenvalue weighted by Gasteiger charge is -2.41. The molecule has 0 bridgehead atoms. The second kappa shape index (κ2) is 6.15. The van der Waals surface area contributed by atoms with Crippen LogP contribution in [0.4, 0.5) is 5.69 Å². The Balaban J connectivity index is 1.95. The van der Waals surface area contributed by atoms with E-state index in [1.54, 1.807) is 0 Å². The minimum absolute atomic E-state index is 0.202. The zero-order valence-electron chi connectivity index (χ0n) is 12.3. The molecule has 2 aliphatic rings. The highest BCUT2D eigenvalue weighted by Crippen LogP contribution is 2.42. The molecule has 0 amide bonds. The number of nitrogens with zero attached hydrogens (tertiary/aromatic N) is 1. The summed E-state index contributed by atoms with van der Waals surface area (Å²) < 4.78 is 5.49. The van der Waals surface area contributed by atoms with E-state index in [1.807, 2.05) is 0 Å². The highest BCUT2D eigenvalue weighted by molar-refractivity contribution is 5.57. The van der Waals surface area contributed by atoms with Crippen LogP contribution in [0.2, 0.25) is 0 Å². The summed E-state index contributed by atoms with van der Waals surface area (Å²) >= 11 is 0. The van der Waals surface area contributed by atoms with E-state index >= 15 is 0 Å². The van der Waals surface area contributed by atoms with Crippen molar-refractivity contribution in [1.82, 2.24) is 0 Å². The van der Waals surface area contributed by atoms with Crippen molar-refractivity contribution in [3.8, 4) is 0 Å². The molecular formula is C17H26N2O. The Morgan fingerprint density at radius 1 is 1.05 bits per heavy atom. The fraction of sp³-hybridized carbons (Fsp3) is 0.647. The maximum atomic E-state index is 6.23. The molecule has 1 aromatic carbocycles. The predicted molar refractivity (Wildman–Crippen MR) is 83.3 cm³/mol. The van der Waals surface area contributed by atoms with Crippen LogP contribution in [0.1, 0.15) is 37.7 Å². The first-order valence-corrected chi connectivity index (χ1v) is 7.98. The second-order valence-electron chi connectivity index (χ2n) is 6.16. The lowest BCUT2D eigenvalue weighted by atomic mass is 9.69. The van der Waals surface area contributed by atoms with Crippen LogP contribution in [0.3, 0.4) is 0 Å². The van der Waals surface area contributed by atoms with Crippen molar-refractivity contribution in [2.75, 3.05) is 37.7 Å². The lowest BCUT2D eigenvalue weighted by molar-refractivity contribution is 0.122. The van der Waals surface area contributed by atoms with Crippen molar-refractivity contribution in [3.05, 3.63) is 29.8 Å². The number of para-hydroxylation sites is 1. The van der Waals surface area contributed by atoms with Crippen LogP contribution in [-0.4, -0.2) is 32.8 Å². The highest BCUT2D eigenvalue weighted by atomic mass is 16.5. The number of nitrogens with two attached hydrogens (primary N) is 1. The number of hydrogen-bond donors (Lipinski definition) is 1. The van der Waals surface area contributed by atoms with Gasteiger partial charge in [0.1, 0.15) is 0 Å². The largest absolute Gasteiger partial charge is 0.378 e. The van der Waals surface area contributed by atoms with Crippen LogP contribution in [-0.2, 0) is 10.2 Å². The number of morpholine rings is 1. The van der Waals surface area contributed by atoms with Gasteiger partial charge in [0.25, 0.3) is 0 Å². The van der Waals surface area contributed by atoms with Gasteiger partial charge in [0.15, 0.2) is 0 Å². The molecule has 1 saturated heterocycles. The van der Waals surface area contributed by atoms with Gasteiger partial charge in [-0.3, -0.25) is 0 Å². The van der Waals surface area contributed by atoms with Crippen molar-refractivity contribution in [2.24, 2.45) is 5.73 Å². The van der Waals surface area contributed by atoms with Crippen LogP contribution in [0.5, 0.6) is 0 Å². The fourth-order valence-electron chi connectivity index (χ4n) is 3.81. The van der Waals surface area contributed by atoms with Gasteiger partial charge < -0.3 is 15.4 Å². The van der Waals surface area contributed by atoms with Gasteiger partial charge in [-0.2, -0.15) is 0 Å². The van der Waals surface area contributed by atoms with E-state index in [4.69, 9.17) is 10.5 Å². The first-order valence-electron chi connectivity index (χ1n) is 7.98. The van der Waals surface area contributed by atoms with Crippen molar-refractivity contribution < 1.29 is 4.74 Å². The first kappa shape index (κ1) is 13.9. The average molecular weight is 274 g/mol. The Labute approximate surface area is 122 Å². The quantitative estimate of drug-likeness (QED) is 0.921. The molecule has 1 aromatic rings. The van der Waals surface area contributed by atoms with Gasteiger partial charge >= 0.3 is 0 Å². The summed E-state index contributed by atoms with van der Waals surface area (Å²) in [6.07, 6.45) is 6.47. The third-order valence-electron chi connectivity index (χ3n) is 5.03. The average Bonchev–Trinajstić information content (AvgIpc) is 2.56. The van der Waals surface area contributed by atoms with Crippen molar-refractivity contribution in [3.63, 3.8) is 0 Å². The molecule has 1 saturated carbocycles. The number of rotatable bonds is 3. The highest BCUT2D eigenvalue weighted by Gasteiger charge is 2.35. The van der Waals surface area contributed by atoms with Crippen molar-refractivity contribution in [1.29, 1.82) is 0 Å². The Morgan fingerprint density at radius 2 is 1.75 bits per heavy atom. The molecule has 1 heterocycles. The maximum absolute atomic E-state index is 6.23. The van der Waals surface area contributed by atoms with Crippen molar-refractivity contribution >= 4 is 5.69 Å². The molecule has 0 spiro atoms. The summed E-state index contributed by atoms with van der Waals surface area (Å²) in [7, 11) is 0. The monoisotopic (exact) mass is 274 g/mol.